The molecule has 0 atom stereocenters. The van der Waals surface area contributed by atoms with Crippen molar-refractivity contribution < 1.29 is 9.53 Å². The third kappa shape index (κ3) is 4.15. The summed E-state index contributed by atoms with van der Waals surface area (Å²) >= 11 is 0. The molecule has 0 saturated carbocycles. The summed E-state index contributed by atoms with van der Waals surface area (Å²) in [6, 6.07) is 8.55. The number of hydrogen-bond acceptors (Lipinski definition) is 3. The second-order valence-electron chi connectivity index (χ2n) is 5.63. The van der Waals surface area contributed by atoms with Gasteiger partial charge in [-0.3, -0.25) is 9.69 Å². The number of ether oxygens (including phenoxy) is 1. The quantitative estimate of drug-likeness (QED) is 0.748. The van der Waals surface area contributed by atoms with Crippen LogP contribution in [0.5, 0.6) is 0 Å². The van der Waals surface area contributed by atoms with Gasteiger partial charge in [-0.25, -0.2) is 0 Å². The zero-order valence-electron chi connectivity index (χ0n) is 12.6. The normalized spacial score (nSPS) is 16.6. The van der Waals surface area contributed by atoms with E-state index in [9.17, 15) is 4.79 Å². The molecule has 1 heterocycles. The van der Waals surface area contributed by atoms with Crippen molar-refractivity contribution in [1.29, 1.82) is 0 Å². The zero-order valence-corrected chi connectivity index (χ0v) is 12.6. The molecule has 1 aromatic rings. The Kier molecular flexibility index (Phi) is 5.74. The Hall–Kier alpha value is -1.19. The Bertz CT molecular complexity index is 421. The van der Waals surface area contributed by atoms with Crippen LogP contribution in [0.25, 0.3) is 0 Å². The van der Waals surface area contributed by atoms with Crippen LogP contribution in [0.1, 0.15) is 42.1 Å². The number of hydrogen-bond donors (Lipinski definition) is 0. The number of Topliss-reactive ketones (excluding diaryl/α,β-unsaturated/α-hetero) is 1. The highest BCUT2D eigenvalue weighted by Crippen LogP contribution is 2.14. The van der Waals surface area contributed by atoms with Gasteiger partial charge in [0.15, 0.2) is 5.78 Å². The summed E-state index contributed by atoms with van der Waals surface area (Å²) in [4.78, 5) is 14.5. The van der Waals surface area contributed by atoms with Crippen molar-refractivity contribution in [2.45, 2.75) is 38.6 Å². The third-order valence-corrected chi connectivity index (χ3v) is 4.02. The summed E-state index contributed by atoms with van der Waals surface area (Å²) in [7, 11) is 2.04. The van der Waals surface area contributed by atoms with Gasteiger partial charge >= 0.3 is 0 Å². The SMILES string of the molecule is CCCc1ccc(C(=O)CN(C)C2CCOCC2)cc1. The number of nitrogens with zero attached hydrogens (tertiary/aromatic N) is 1. The third-order valence-electron chi connectivity index (χ3n) is 4.02. The van der Waals surface area contributed by atoms with E-state index in [-0.39, 0.29) is 5.78 Å². The lowest BCUT2D eigenvalue weighted by Crippen LogP contribution is -2.39. The van der Waals surface area contributed by atoms with E-state index in [2.05, 4.69) is 24.0 Å². The van der Waals surface area contributed by atoms with Gasteiger partial charge < -0.3 is 4.74 Å². The van der Waals surface area contributed by atoms with Crippen molar-refractivity contribution in [3.63, 3.8) is 0 Å². The molecule has 0 bridgehead atoms. The molecule has 0 amide bonds. The lowest BCUT2D eigenvalue weighted by Gasteiger charge is -2.30. The van der Waals surface area contributed by atoms with E-state index in [0.29, 0.717) is 12.6 Å². The number of rotatable bonds is 6. The highest BCUT2D eigenvalue weighted by atomic mass is 16.5. The maximum absolute atomic E-state index is 12.3. The molecule has 3 nitrogen and oxygen atoms in total. The average Bonchev–Trinajstić information content (AvgIpc) is 2.49. The van der Waals surface area contributed by atoms with Gasteiger partial charge in [-0.1, -0.05) is 37.6 Å². The zero-order chi connectivity index (χ0) is 14.4. The van der Waals surface area contributed by atoms with E-state index >= 15 is 0 Å². The van der Waals surface area contributed by atoms with Gasteiger partial charge in [0.05, 0.1) is 6.54 Å². The van der Waals surface area contributed by atoms with Crippen LogP contribution >= 0.6 is 0 Å². The maximum Gasteiger partial charge on any atom is 0.176 e. The maximum atomic E-state index is 12.3. The molecule has 110 valence electrons. The molecule has 1 fully saturated rings. The molecule has 3 heteroatoms. The van der Waals surface area contributed by atoms with Crippen molar-refractivity contribution in [2.24, 2.45) is 0 Å². The number of likely N-dealkylation sites (N-methyl/N-ethyl adjacent to an activating group) is 1. The van der Waals surface area contributed by atoms with E-state index in [1.165, 1.54) is 5.56 Å². The molecule has 0 spiro atoms. The Morgan fingerprint density at radius 3 is 2.50 bits per heavy atom. The lowest BCUT2D eigenvalue weighted by molar-refractivity contribution is 0.0418. The summed E-state index contributed by atoms with van der Waals surface area (Å²) < 4.78 is 5.36. The first-order chi connectivity index (χ1) is 9.70. The van der Waals surface area contributed by atoms with Crippen molar-refractivity contribution >= 4 is 5.78 Å². The summed E-state index contributed by atoms with van der Waals surface area (Å²) in [5.74, 6) is 0.210. The number of ketones is 1. The topological polar surface area (TPSA) is 29.5 Å². The number of benzene rings is 1. The second-order valence-corrected chi connectivity index (χ2v) is 5.63. The first kappa shape index (κ1) is 15.2. The Morgan fingerprint density at radius 1 is 1.25 bits per heavy atom. The van der Waals surface area contributed by atoms with Crippen LogP contribution in [0.2, 0.25) is 0 Å². The summed E-state index contributed by atoms with van der Waals surface area (Å²) in [5, 5.41) is 0. The fourth-order valence-corrected chi connectivity index (χ4v) is 2.72. The fourth-order valence-electron chi connectivity index (χ4n) is 2.72. The van der Waals surface area contributed by atoms with Crippen LogP contribution < -0.4 is 0 Å². The van der Waals surface area contributed by atoms with Crippen LogP contribution in [0.4, 0.5) is 0 Å². The summed E-state index contributed by atoms with van der Waals surface area (Å²) in [6.45, 7) is 4.30. The van der Waals surface area contributed by atoms with Crippen molar-refractivity contribution in [3.8, 4) is 0 Å². The molecule has 2 rings (SSSR count). The number of carbonyl (C=O) groups is 1. The van der Waals surface area contributed by atoms with Crippen molar-refractivity contribution in [3.05, 3.63) is 35.4 Å². The predicted octanol–water partition coefficient (Wildman–Crippen LogP) is 2.93. The van der Waals surface area contributed by atoms with Crippen LogP contribution in [0.3, 0.4) is 0 Å². The smallest absolute Gasteiger partial charge is 0.176 e. The van der Waals surface area contributed by atoms with Crippen LogP contribution in [-0.4, -0.2) is 43.5 Å². The minimum Gasteiger partial charge on any atom is -0.381 e. The molecule has 20 heavy (non-hydrogen) atoms. The first-order valence-corrected chi connectivity index (χ1v) is 7.61. The molecule has 1 aromatic carbocycles. The molecular weight excluding hydrogens is 250 g/mol. The molecule has 0 aromatic heterocycles. The minimum absolute atomic E-state index is 0.210. The molecule has 0 aliphatic carbocycles. The monoisotopic (exact) mass is 275 g/mol. The molecule has 0 N–H and O–H groups in total. The molecular formula is C17H25NO2. The van der Waals surface area contributed by atoms with Gasteiger partial charge in [0, 0.05) is 24.8 Å². The van der Waals surface area contributed by atoms with Gasteiger partial charge in [-0.15, -0.1) is 0 Å². The van der Waals surface area contributed by atoms with Gasteiger partial charge in [-0.05, 0) is 31.9 Å². The van der Waals surface area contributed by atoms with Crippen LogP contribution in [0, 0.1) is 0 Å². The van der Waals surface area contributed by atoms with Crippen LogP contribution in [0.15, 0.2) is 24.3 Å². The summed E-state index contributed by atoms with van der Waals surface area (Å²) in [5.41, 5.74) is 2.13. The largest absolute Gasteiger partial charge is 0.381 e. The number of aryl methyl sites for hydroxylation is 1. The van der Waals surface area contributed by atoms with E-state index in [0.717, 1.165) is 44.5 Å². The Balaban J connectivity index is 1.89. The van der Waals surface area contributed by atoms with Gasteiger partial charge in [0.1, 0.15) is 0 Å². The Labute approximate surface area is 121 Å². The van der Waals surface area contributed by atoms with E-state index in [4.69, 9.17) is 4.74 Å². The number of carbonyl (C=O) groups excluding carboxylic acids is 1. The molecule has 0 unspecified atom stereocenters. The van der Waals surface area contributed by atoms with Crippen molar-refractivity contribution in [2.75, 3.05) is 26.8 Å². The highest BCUT2D eigenvalue weighted by Gasteiger charge is 2.20. The van der Waals surface area contributed by atoms with E-state index in [1.54, 1.807) is 0 Å². The lowest BCUT2D eigenvalue weighted by atomic mass is 10.0. The van der Waals surface area contributed by atoms with Gasteiger partial charge in [0.2, 0.25) is 0 Å². The average molecular weight is 275 g/mol. The molecule has 0 radical (unpaired) electrons. The summed E-state index contributed by atoms with van der Waals surface area (Å²) in [6.07, 6.45) is 4.27. The van der Waals surface area contributed by atoms with Gasteiger partial charge in [0.25, 0.3) is 0 Å². The molecule has 1 aliphatic rings. The van der Waals surface area contributed by atoms with E-state index in [1.807, 2.05) is 19.2 Å². The second kappa shape index (κ2) is 7.55. The van der Waals surface area contributed by atoms with Gasteiger partial charge in [-0.2, -0.15) is 0 Å². The Morgan fingerprint density at radius 2 is 1.90 bits per heavy atom. The predicted molar refractivity (Wildman–Crippen MR) is 81.2 cm³/mol. The minimum atomic E-state index is 0.210. The fraction of sp³-hybridized carbons (Fsp3) is 0.588. The highest BCUT2D eigenvalue weighted by molar-refractivity contribution is 5.97. The molecule has 1 aliphatic heterocycles. The van der Waals surface area contributed by atoms with Crippen molar-refractivity contribution in [1.82, 2.24) is 4.90 Å². The first-order valence-electron chi connectivity index (χ1n) is 7.61. The molecule has 1 saturated heterocycles. The van der Waals surface area contributed by atoms with Crippen LogP contribution in [-0.2, 0) is 11.2 Å². The van der Waals surface area contributed by atoms with E-state index < -0.39 is 0 Å². The standard InChI is InChI=1S/C17H25NO2/c1-3-4-14-5-7-15(8-6-14)17(19)13-18(2)16-9-11-20-12-10-16/h5-8,16H,3-4,9-13H2,1-2H3.